The molecule has 1 atom stereocenters. The first-order valence-electron chi connectivity index (χ1n) is 11.9. The van der Waals surface area contributed by atoms with Crippen molar-refractivity contribution < 1.29 is 9.53 Å². The highest BCUT2D eigenvalue weighted by molar-refractivity contribution is 6.35. The minimum atomic E-state index is -0.101. The zero-order chi connectivity index (χ0) is 24.9. The molecule has 0 saturated carbocycles. The molecule has 9 heteroatoms. The summed E-state index contributed by atoms with van der Waals surface area (Å²) in [6, 6.07) is 12.5. The van der Waals surface area contributed by atoms with Crippen molar-refractivity contribution in [3.05, 3.63) is 68.8 Å². The summed E-state index contributed by atoms with van der Waals surface area (Å²) in [6.07, 6.45) is 4.06. The van der Waals surface area contributed by atoms with Crippen molar-refractivity contribution in [2.45, 2.75) is 52.1 Å². The molecule has 1 saturated heterocycles. The standard InChI is InChI=1S/C26H29Cl3N4O2/c1-3-17(2)30-16-21-24(25(34)32-13-5-4-6-14-32)31-33(23-12-9-19(28)15-22(23)29)26(21)35-20-10-7-18(27)8-11-20/h7-12,15,17,30H,3-6,13-14,16H2,1-2H3. The van der Waals surface area contributed by atoms with E-state index in [9.17, 15) is 4.79 Å². The van der Waals surface area contributed by atoms with E-state index in [0.717, 1.165) is 38.8 Å². The maximum absolute atomic E-state index is 13.7. The molecule has 1 amide bonds. The van der Waals surface area contributed by atoms with Gasteiger partial charge in [-0.2, -0.15) is 9.78 Å². The van der Waals surface area contributed by atoms with Crippen LogP contribution in [0.5, 0.6) is 11.6 Å². The summed E-state index contributed by atoms with van der Waals surface area (Å²) < 4.78 is 7.95. The first-order valence-corrected chi connectivity index (χ1v) is 13.0. The van der Waals surface area contributed by atoms with Gasteiger partial charge in [-0.05, 0) is 75.1 Å². The van der Waals surface area contributed by atoms with Gasteiger partial charge in [0.2, 0.25) is 5.88 Å². The Morgan fingerprint density at radius 2 is 1.74 bits per heavy atom. The Morgan fingerprint density at radius 3 is 2.40 bits per heavy atom. The van der Waals surface area contributed by atoms with Crippen LogP contribution in [0.3, 0.4) is 0 Å². The third kappa shape index (κ3) is 6.12. The molecule has 1 fully saturated rings. The molecule has 186 valence electrons. The van der Waals surface area contributed by atoms with Crippen LogP contribution in [0.4, 0.5) is 0 Å². The van der Waals surface area contributed by atoms with Gasteiger partial charge in [-0.1, -0.05) is 41.7 Å². The van der Waals surface area contributed by atoms with E-state index in [0.29, 0.717) is 50.2 Å². The maximum atomic E-state index is 13.7. The van der Waals surface area contributed by atoms with Crippen LogP contribution in [-0.2, 0) is 6.54 Å². The fourth-order valence-electron chi connectivity index (χ4n) is 3.97. The van der Waals surface area contributed by atoms with E-state index in [1.807, 2.05) is 4.90 Å². The van der Waals surface area contributed by atoms with E-state index in [1.165, 1.54) is 0 Å². The lowest BCUT2D eigenvalue weighted by atomic mass is 10.1. The van der Waals surface area contributed by atoms with Crippen LogP contribution in [0.25, 0.3) is 5.69 Å². The van der Waals surface area contributed by atoms with Crippen LogP contribution in [0.1, 0.15) is 55.6 Å². The molecule has 0 bridgehead atoms. The Hall–Kier alpha value is -2.25. The summed E-state index contributed by atoms with van der Waals surface area (Å²) in [7, 11) is 0. The van der Waals surface area contributed by atoms with Gasteiger partial charge in [-0.15, -0.1) is 0 Å². The number of piperidine rings is 1. The van der Waals surface area contributed by atoms with Crippen molar-refractivity contribution >= 4 is 40.7 Å². The molecule has 4 rings (SSSR count). The number of nitrogens with zero attached hydrogens (tertiary/aromatic N) is 3. The van der Waals surface area contributed by atoms with Gasteiger partial charge in [-0.25, -0.2) is 0 Å². The monoisotopic (exact) mass is 534 g/mol. The Labute approximate surface area is 221 Å². The number of amides is 1. The normalized spacial score (nSPS) is 14.7. The third-order valence-corrected chi connectivity index (χ3v) is 6.98. The highest BCUT2D eigenvalue weighted by Gasteiger charge is 2.30. The Bertz CT molecular complexity index is 1170. The number of rotatable bonds is 8. The van der Waals surface area contributed by atoms with Gasteiger partial charge in [0.15, 0.2) is 5.69 Å². The molecule has 0 spiro atoms. The number of ether oxygens (including phenoxy) is 1. The average Bonchev–Trinajstić information content (AvgIpc) is 3.21. The zero-order valence-electron chi connectivity index (χ0n) is 19.9. The number of carbonyl (C=O) groups excluding carboxylic acids is 1. The van der Waals surface area contributed by atoms with E-state index < -0.39 is 0 Å². The van der Waals surface area contributed by atoms with Crippen molar-refractivity contribution in [3.63, 3.8) is 0 Å². The van der Waals surface area contributed by atoms with Crippen LogP contribution < -0.4 is 10.1 Å². The number of carbonyl (C=O) groups is 1. The molecular formula is C26H29Cl3N4O2. The fourth-order valence-corrected chi connectivity index (χ4v) is 4.58. The van der Waals surface area contributed by atoms with E-state index in [1.54, 1.807) is 47.1 Å². The molecule has 1 aliphatic heterocycles. The summed E-state index contributed by atoms with van der Waals surface area (Å²) in [5, 5.41) is 9.78. The number of hydrogen-bond donors (Lipinski definition) is 1. The van der Waals surface area contributed by atoms with E-state index >= 15 is 0 Å². The molecule has 35 heavy (non-hydrogen) atoms. The number of benzene rings is 2. The highest BCUT2D eigenvalue weighted by Crippen LogP contribution is 2.35. The Balaban J connectivity index is 1.85. The summed E-state index contributed by atoms with van der Waals surface area (Å²) >= 11 is 18.8. The van der Waals surface area contributed by atoms with Gasteiger partial charge in [0.1, 0.15) is 5.75 Å². The number of hydrogen-bond acceptors (Lipinski definition) is 4. The second-order valence-electron chi connectivity index (χ2n) is 8.74. The highest BCUT2D eigenvalue weighted by atomic mass is 35.5. The number of likely N-dealkylation sites (tertiary alicyclic amines) is 1. The summed E-state index contributed by atoms with van der Waals surface area (Å²) in [5.41, 5.74) is 1.61. The Kier molecular flexibility index (Phi) is 8.60. The first kappa shape index (κ1) is 25.8. The summed E-state index contributed by atoms with van der Waals surface area (Å²) in [6.45, 7) is 6.07. The predicted molar refractivity (Wildman–Crippen MR) is 141 cm³/mol. The molecule has 1 aromatic heterocycles. The van der Waals surface area contributed by atoms with Gasteiger partial charge in [-0.3, -0.25) is 4.79 Å². The SMILES string of the molecule is CCC(C)NCc1c(C(=O)N2CCCCC2)nn(-c2ccc(Cl)cc2Cl)c1Oc1ccc(Cl)cc1. The number of aromatic nitrogens is 2. The van der Waals surface area contributed by atoms with Gasteiger partial charge in [0.25, 0.3) is 5.91 Å². The van der Waals surface area contributed by atoms with Gasteiger partial charge < -0.3 is 15.0 Å². The van der Waals surface area contributed by atoms with Crippen molar-refractivity contribution in [1.29, 1.82) is 0 Å². The first-order chi connectivity index (χ1) is 16.9. The lowest BCUT2D eigenvalue weighted by Crippen LogP contribution is -2.36. The smallest absolute Gasteiger partial charge is 0.274 e. The summed E-state index contributed by atoms with van der Waals surface area (Å²) in [4.78, 5) is 15.5. The van der Waals surface area contributed by atoms with Crippen molar-refractivity contribution in [3.8, 4) is 17.3 Å². The maximum Gasteiger partial charge on any atom is 0.274 e. The van der Waals surface area contributed by atoms with E-state index in [-0.39, 0.29) is 11.9 Å². The third-order valence-electron chi connectivity index (χ3n) is 6.19. The summed E-state index contributed by atoms with van der Waals surface area (Å²) in [5.74, 6) is 0.894. The van der Waals surface area contributed by atoms with Crippen LogP contribution in [0.15, 0.2) is 42.5 Å². The van der Waals surface area contributed by atoms with Gasteiger partial charge in [0.05, 0.1) is 16.3 Å². The van der Waals surface area contributed by atoms with Gasteiger partial charge >= 0.3 is 0 Å². The number of halogens is 3. The molecule has 1 aliphatic rings. The molecule has 3 aromatic rings. The molecule has 0 aliphatic carbocycles. The van der Waals surface area contributed by atoms with Crippen LogP contribution in [0, 0.1) is 0 Å². The molecule has 2 heterocycles. The molecular weight excluding hydrogens is 507 g/mol. The van der Waals surface area contributed by atoms with Crippen LogP contribution in [-0.4, -0.2) is 39.7 Å². The lowest BCUT2D eigenvalue weighted by Gasteiger charge is -2.26. The van der Waals surface area contributed by atoms with E-state index in [4.69, 9.17) is 44.6 Å². The molecule has 1 unspecified atom stereocenters. The van der Waals surface area contributed by atoms with Crippen LogP contribution in [0.2, 0.25) is 15.1 Å². The quantitative estimate of drug-likeness (QED) is 0.333. The second-order valence-corrected chi connectivity index (χ2v) is 10.0. The minimum Gasteiger partial charge on any atom is -0.439 e. The topological polar surface area (TPSA) is 59.4 Å². The largest absolute Gasteiger partial charge is 0.439 e. The average molecular weight is 536 g/mol. The fraction of sp³-hybridized carbons (Fsp3) is 0.385. The molecule has 0 radical (unpaired) electrons. The molecule has 1 N–H and O–H groups in total. The Morgan fingerprint density at radius 1 is 1.06 bits per heavy atom. The van der Waals surface area contributed by atoms with Crippen molar-refractivity contribution in [1.82, 2.24) is 20.0 Å². The van der Waals surface area contributed by atoms with Gasteiger partial charge in [0, 0.05) is 35.7 Å². The lowest BCUT2D eigenvalue weighted by molar-refractivity contribution is 0.0716. The molecule has 6 nitrogen and oxygen atoms in total. The van der Waals surface area contributed by atoms with Crippen molar-refractivity contribution in [2.24, 2.45) is 0 Å². The van der Waals surface area contributed by atoms with E-state index in [2.05, 4.69) is 19.2 Å². The predicted octanol–water partition coefficient (Wildman–Crippen LogP) is 7.14. The second kappa shape index (κ2) is 11.7. The van der Waals surface area contributed by atoms with Crippen molar-refractivity contribution in [2.75, 3.05) is 13.1 Å². The minimum absolute atomic E-state index is 0.101. The zero-order valence-corrected chi connectivity index (χ0v) is 22.1. The number of nitrogens with one attached hydrogen (secondary N) is 1. The molecule has 2 aromatic carbocycles. The van der Waals surface area contributed by atoms with Crippen LogP contribution >= 0.6 is 34.8 Å².